The van der Waals surface area contributed by atoms with E-state index in [-0.39, 0.29) is 18.0 Å². The van der Waals surface area contributed by atoms with E-state index in [1.807, 2.05) is 79.1 Å². The summed E-state index contributed by atoms with van der Waals surface area (Å²) in [7, 11) is 1.96. The van der Waals surface area contributed by atoms with Crippen molar-refractivity contribution < 1.29 is 19.4 Å². The summed E-state index contributed by atoms with van der Waals surface area (Å²) in [5.41, 5.74) is 4.97. The summed E-state index contributed by atoms with van der Waals surface area (Å²) in [6, 6.07) is 9.88. The van der Waals surface area contributed by atoms with E-state index in [0.29, 0.717) is 24.0 Å². The van der Waals surface area contributed by atoms with E-state index in [0.717, 1.165) is 91.4 Å². The topological polar surface area (TPSA) is 131 Å². The van der Waals surface area contributed by atoms with Gasteiger partial charge in [0.1, 0.15) is 5.66 Å². The molecule has 1 aromatic carbocycles. The predicted molar refractivity (Wildman–Crippen MR) is 192 cm³/mol. The molecule has 2 aliphatic rings. The van der Waals surface area contributed by atoms with Crippen LogP contribution < -0.4 is 15.8 Å². The highest BCUT2D eigenvalue weighted by atomic mass is 16.5. The minimum atomic E-state index is -0.966. The molecule has 264 valence electrons. The van der Waals surface area contributed by atoms with Crippen molar-refractivity contribution in [1.29, 1.82) is 0 Å². The lowest BCUT2D eigenvalue weighted by Gasteiger charge is -2.56. The fourth-order valence-electron chi connectivity index (χ4n) is 7.63. The molecule has 2 amide bonds. The first-order valence-corrected chi connectivity index (χ1v) is 17.4. The van der Waals surface area contributed by atoms with Gasteiger partial charge >= 0.3 is 6.09 Å². The van der Waals surface area contributed by atoms with Crippen LogP contribution in [0.15, 0.2) is 41.3 Å². The predicted octanol–water partition coefficient (Wildman–Crippen LogP) is 6.00. The van der Waals surface area contributed by atoms with Gasteiger partial charge in [-0.25, -0.2) is 4.79 Å². The largest absolute Gasteiger partial charge is 0.465 e. The zero-order chi connectivity index (χ0) is 35.5. The van der Waals surface area contributed by atoms with E-state index in [1.54, 1.807) is 4.90 Å². The maximum atomic E-state index is 14.0. The monoisotopic (exact) mass is 672 g/mol. The first-order valence-electron chi connectivity index (χ1n) is 17.4. The molecule has 3 heterocycles. The lowest BCUT2D eigenvalue weighted by atomic mass is 9.82. The number of carbonyl (C=O) groups is 2. The number of hydrogen-bond acceptors (Lipinski definition) is 7. The molecule has 49 heavy (non-hydrogen) atoms. The molecule has 2 fully saturated rings. The molecule has 0 bridgehead atoms. The number of morpholine rings is 1. The Bertz CT molecular complexity index is 1720. The van der Waals surface area contributed by atoms with Crippen LogP contribution in [0.2, 0.25) is 0 Å². The van der Waals surface area contributed by atoms with E-state index in [2.05, 4.69) is 26.2 Å². The van der Waals surface area contributed by atoms with Gasteiger partial charge < -0.3 is 25.0 Å². The van der Waals surface area contributed by atoms with Gasteiger partial charge in [-0.3, -0.25) is 24.4 Å². The Labute approximate surface area is 289 Å². The van der Waals surface area contributed by atoms with Crippen LogP contribution in [0.1, 0.15) is 91.3 Å². The van der Waals surface area contributed by atoms with Crippen molar-refractivity contribution >= 4 is 17.7 Å². The molecule has 5 rings (SSSR count). The molecule has 3 aromatic rings. The summed E-state index contributed by atoms with van der Waals surface area (Å²) < 4.78 is 5.49. The van der Waals surface area contributed by atoms with Crippen molar-refractivity contribution in [3.8, 4) is 11.1 Å². The maximum absolute atomic E-state index is 14.0. The van der Waals surface area contributed by atoms with Gasteiger partial charge in [-0.05, 0) is 108 Å². The Hall–Kier alpha value is -4.22. The summed E-state index contributed by atoms with van der Waals surface area (Å²) in [5, 5.41) is 13.6. The van der Waals surface area contributed by atoms with Crippen LogP contribution in [-0.4, -0.2) is 81.4 Å². The number of nitrogens with one attached hydrogen (secondary N) is 2. The van der Waals surface area contributed by atoms with Crippen LogP contribution in [0.25, 0.3) is 11.1 Å². The van der Waals surface area contributed by atoms with E-state index < -0.39 is 17.3 Å². The number of benzene rings is 1. The number of amides is 2. The molecule has 1 saturated carbocycles. The first-order chi connectivity index (χ1) is 23.2. The number of carboxylic acid groups (broad SMARTS) is 1. The molecule has 0 unspecified atom stereocenters. The second-order valence-electron chi connectivity index (χ2n) is 14.6. The quantitative estimate of drug-likeness (QED) is 0.236. The zero-order valence-electron chi connectivity index (χ0n) is 30.1. The third-order valence-electron chi connectivity index (χ3n) is 10.1. The average molecular weight is 673 g/mol. The number of hydrogen-bond donors (Lipinski definition) is 3. The first kappa shape index (κ1) is 36.1. The van der Waals surface area contributed by atoms with Crippen molar-refractivity contribution in [2.75, 3.05) is 38.3 Å². The number of nitrogens with zero attached hydrogens (tertiary/aromatic N) is 4. The molecule has 11 heteroatoms. The Morgan fingerprint density at radius 3 is 2.33 bits per heavy atom. The molecule has 1 saturated heterocycles. The number of anilines is 1. The Kier molecular flexibility index (Phi) is 10.8. The molecule has 0 spiro atoms. The second-order valence-corrected chi connectivity index (χ2v) is 14.6. The van der Waals surface area contributed by atoms with Gasteiger partial charge in [-0.15, -0.1) is 0 Å². The van der Waals surface area contributed by atoms with Crippen molar-refractivity contribution in [1.82, 2.24) is 25.1 Å². The number of carbonyl (C=O) groups excluding carboxylic acids is 1. The fourth-order valence-corrected chi connectivity index (χ4v) is 7.63. The van der Waals surface area contributed by atoms with Crippen LogP contribution in [0.5, 0.6) is 0 Å². The number of aryl methyl sites for hydroxylation is 2. The SMILES string of the molecule is Cc1cc(C)c(CNC(=O)c2cc(-c3ccc(CN4CCOCC4)nc3)cc(N(C)C3(N(C(=O)O)C(C)(C)C)CCCCC3)c2C)c(=O)[nH]1. The second kappa shape index (κ2) is 14.7. The van der Waals surface area contributed by atoms with Crippen LogP contribution >= 0.6 is 0 Å². The smallest absolute Gasteiger partial charge is 0.409 e. The molecule has 3 N–H and O–H groups in total. The van der Waals surface area contributed by atoms with Crippen molar-refractivity contribution in [3.63, 3.8) is 0 Å². The maximum Gasteiger partial charge on any atom is 0.409 e. The van der Waals surface area contributed by atoms with Gasteiger partial charge in [0.05, 0.1) is 18.9 Å². The highest BCUT2D eigenvalue weighted by Crippen LogP contribution is 2.44. The number of ether oxygens (including phenoxy) is 1. The van der Waals surface area contributed by atoms with E-state index in [1.165, 1.54) is 0 Å². The molecule has 1 aliphatic carbocycles. The van der Waals surface area contributed by atoms with Gasteiger partial charge in [0.2, 0.25) is 0 Å². The van der Waals surface area contributed by atoms with Crippen molar-refractivity contribution in [3.05, 3.63) is 80.5 Å². The molecular weight excluding hydrogens is 620 g/mol. The van der Waals surface area contributed by atoms with Gasteiger partial charge in [0, 0.05) is 73.0 Å². The molecule has 2 aromatic heterocycles. The Morgan fingerprint density at radius 1 is 1.04 bits per heavy atom. The third kappa shape index (κ3) is 7.83. The molecule has 11 nitrogen and oxygen atoms in total. The minimum absolute atomic E-state index is 0.0771. The van der Waals surface area contributed by atoms with Crippen molar-refractivity contribution in [2.24, 2.45) is 0 Å². The summed E-state index contributed by atoms with van der Waals surface area (Å²) >= 11 is 0. The highest BCUT2D eigenvalue weighted by molar-refractivity contribution is 5.99. The molecule has 0 radical (unpaired) electrons. The van der Waals surface area contributed by atoms with Gasteiger partial charge in [0.15, 0.2) is 0 Å². The van der Waals surface area contributed by atoms with Crippen LogP contribution in [0.4, 0.5) is 10.5 Å². The summed E-state index contributed by atoms with van der Waals surface area (Å²) in [6.07, 6.45) is 5.06. The number of pyridine rings is 2. The Morgan fingerprint density at radius 2 is 1.73 bits per heavy atom. The van der Waals surface area contributed by atoms with Crippen LogP contribution in [-0.2, 0) is 17.8 Å². The number of aromatic nitrogens is 2. The third-order valence-corrected chi connectivity index (χ3v) is 10.1. The number of rotatable bonds is 9. The summed E-state index contributed by atoms with van der Waals surface area (Å²) in [5.74, 6) is -0.311. The average Bonchev–Trinajstić information content (AvgIpc) is 3.04. The summed E-state index contributed by atoms with van der Waals surface area (Å²) in [4.78, 5) is 53.4. The molecule has 0 atom stereocenters. The highest BCUT2D eigenvalue weighted by Gasteiger charge is 2.49. The van der Waals surface area contributed by atoms with Crippen LogP contribution in [0, 0.1) is 20.8 Å². The van der Waals surface area contributed by atoms with Crippen molar-refractivity contribution in [2.45, 2.75) is 97.9 Å². The Balaban J connectivity index is 1.57. The number of H-pyrrole nitrogens is 1. The van der Waals surface area contributed by atoms with Gasteiger partial charge in [-0.2, -0.15) is 0 Å². The zero-order valence-corrected chi connectivity index (χ0v) is 30.1. The lowest BCUT2D eigenvalue weighted by molar-refractivity contribution is -0.00481. The van der Waals surface area contributed by atoms with E-state index in [4.69, 9.17) is 9.72 Å². The molecular formula is C38H52N6O5. The van der Waals surface area contributed by atoms with Crippen LogP contribution in [0.3, 0.4) is 0 Å². The van der Waals surface area contributed by atoms with E-state index in [9.17, 15) is 19.5 Å². The standard InChI is InChI=1S/C38H52N6O5/c1-25-19-26(2)41-35(46)32(25)23-40-34(45)31-20-29(28-11-12-30(39-22-28)24-43-15-17-49-18-16-43)21-33(27(31)3)42(7)38(13-9-8-10-14-38)44(36(47)48)37(4,5)6/h11-12,19-22H,8-10,13-18,23-24H2,1-7H3,(H,40,45)(H,41,46)(H,47,48). The van der Waals surface area contributed by atoms with Gasteiger partial charge in [-0.1, -0.05) is 12.5 Å². The van der Waals surface area contributed by atoms with E-state index >= 15 is 0 Å². The minimum Gasteiger partial charge on any atom is -0.465 e. The molecule has 1 aliphatic heterocycles. The normalized spacial score (nSPS) is 16.6. The number of aromatic amines is 1. The lowest BCUT2D eigenvalue weighted by Crippen LogP contribution is -2.67. The summed E-state index contributed by atoms with van der Waals surface area (Å²) in [6.45, 7) is 15.4. The fraction of sp³-hybridized carbons (Fsp3) is 0.526. The van der Waals surface area contributed by atoms with Gasteiger partial charge in [0.25, 0.3) is 11.5 Å².